The molecule has 8 nitrogen and oxygen atoms in total. The molecule has 35 heavy (non-hydrogen) atoms. The number of benzene rings is 2. The van der Waals surface area contributed by atoms with E-state index in [1.807, 2.05) is 19.1 Å². The summed E-state index contributed by atoms with van der Waals surface area (Å²) in [6.07, 6.45) is 1.51. The molecule has 5 rings (SSSR count). The number of amides is 2. The maximum absolute atomic E-state index is 13.0. The van der Waals surface area contributed by atoms with Crippen molar-refractivity contribution in [3.63, 3.8) is 0 Å². The van der Waals surface area contributed by atoms with Crippen LogP contribution < -0.4 is 20.3 Å². The SMILES string of the molecule is CC(C(=O)Nc1ccc(Oc2ccc(F)cc2)cn1)N1CCN(c2cccc3c2CNC3=O)CC1. The van der Waals surface area contributed by atoms with Crippen molar-refractivity contribution < 1.29 is 18.7 Å². The molecule has 0 spiro atoms. The number of nitrogens with zero attached hydrogens (tertiary/aromatic N) is 3. The Balaban J connectivity index is 1.14. The van der Waals surface area contributed by atoms with Crippen molar-refractivity contribution in [1.29, 1.82) is 0 Å². The number of nitrogens with one attached hydrogen (secondary N) is 2. The lowest BCUT2D eigenvalue weighted by atomic mass is 10.1. The number of pyridine rings is 1. The number of fused-ring (bicyclic) bond motifs is 1. The maximum atomic E-state index is 13.0. The molecule has 1 unspecified atom stereocenters. The fourth-order valence-electron chi connectivity index (χ4n) is 4.43. The molecule has 1 aromatic heterocycles. The normalized spacial score (nSPS) is 16.4. The predicted octanol–water partition coefficient (Wildman–Crippen LogP) is 3.41. The number of hydrogen-bond acceptors (Lipinski definition) is 6. The van der Waals surface area contributed by atoms with Crippen LogP contribution in [-0.4, -0.2) is 53.9 Å². The molecular formula is C26H26FN5O3. The van der Waals surface area contributed by atoms with Gasteiger partial charge in [-0.3, -0.25) is 14.5 Å². The number of hydrogen-bond donors (Lipinski definition) is 2. The van der Waals surface area contributed by atoms with Gasteiger partial charge < -0.3 is 20.3 Å². The lowest BCUT2D eigenvalue weighted by molar-refractivity contribution is -0.120. The van der Waals surface area contributed by atoms with Gasteiger partial charge in [0.2, 0.25) is 5.91 Å². The summed E-state index contributed by atoms with van der Waals surface area (Å²) in [6.45, 7) is 5.46. The molecule has 3 aromatic rings. The van der Waals surface area contributed by atoms with Crippen LogP contribution in [0.2, 0.25) is 0 Å². The molecule has 1 fully saturated rings. The van der Waals surface area contributed by atoms with Gasteiger partial charge in [0.25, 0.3) is 5.91 Å². The first-order valence-corrected chi connectivity index (χ1v) is 11.6. The van der Waals surface area contributed by atoms with Crippen molar-refractivity contribution in [3.05, 3.63) is 77.7 Å². The van der Waals surface area contributed by atoms with Gasteiger partial charge in [-0.15, -0.1) is 0 Å². The van der Waals surface area contributed by atoms with Crippen LogP contribution in [0.15, 0.2) is 60.8 Å². The third kappa shape index (κ3) is 4.95. The second-order valence-electron chi connectivity index (χ2n) is 8.61. The first-order valence-electron chi connectivity index (χ1n) is 11.6. The summed E-state index contributed by atoms with van der Waals surface area (Å²) in [5.41, 5.74) is 2.89. The van der Waals surface area contributed by atoms with Crippen LogP contribution in [0.4, 0.5) is 15.9 Å². The molecule has 0 bridgehead atoms. The smallest absolute Gasteiger partial charge is 0.251 e. The molecule has 0 radical (unpaired) electrons. The molecule has 3 heterocycles. The van der Waals surface area contributed by atoms with E-state index in [4.69, 9.17) is 4.74 Å². The number of rotatable bonds is 6. The largest absolute Gasteiger partial charge is 0.456 e. The average molecular weight is 476 g/mol. The van der Waals surface area contributed by atoms with Gasteiger partial charge in [0.05, 0.1) is 12.2 Å². The minimum atomic E-state index is -0.332. The third-order valence-electron chi connectivity index (χ3n) is 6.44. The Morgan fingerprint density at radius 1 is 1.06 bits per heavy atom. The summed E-state index contributed by atoms with van der Waals surface area (Å²) in [5.74, 6) is 0.942. The van der Waals surface area contributed by atoms with E-state index in [-0.39, 0.29) is 23.7 Å². The third-order valence-corrected chi connectivity index (χ3v) is 6.44. The Morgan fingerprint density at radius 3 is 2.51 bits per heavy atom. The van der Waals surface area contributed by atoms with E-state index in [1.54, 1.807) is 12.1 Å². The molecule has 180 valence electrons. The lowest BCUT2D eigenvalue weighted by Gasteiger charge is -2.39. The van der Waals surface area contributed by atoms with E-state index in [9.17, 15) is 14.0 Å². The van der Waals surface area contributed by atoms with Crippen LogP contribution >= 0.6 is 0 Å². The van der Waals surface area contributed by atoms with E-state index in [1.165, 1.54) is 30.5 Å². The Kier molecular flexibility index (Phi) is 6.33. The highest BCUT2D eigenvalue weighted by atomic mass is 19.1. The standard InChI is InChI=1S/C26H26FN5O3/c1-17(25(33)30-24-10-9-20(15-28-24)35-19-7-5-18(27)6-8-19)31-11-13-32(14-12-31)23-4-2-3-21-22(23)16-29-26(21)34/h2-10,15,17H,11-14,16H2,1H3,(H,29,34)(H,28,30,33). The number of carbonyl (C=O) groups is 2. The zero-order valence-electron chi connectivity index (χ0n) is 19.3. The molecular weight excluding hydrogens is 449 g/mol. The number of aromatic nitrogens is 1. The van der Waals surface area contributed by atoms with Gasteiger partial charge in [0.1, 0.15) is 23.1 Å². The Bertz CT molecular complexity index is 1220. The Morgan fingerprint density at radius 2 is 1.80 bits per heavy atom. The van der Waals surface area contributed by atoms with E-state index in [0.29, 0.717) is 23.9 Å². The van der Waals surface area contributed by atoms with Crippen molar-refractivity contribution in [2.24, 2.45) is 0 Å². The van der Waals surface area contributed by atoms with Gasteiger partial charge in [-0.05, 0) is 55.5 Å². The number of carbonyl (C=O) groups excluding carboxylic acids is 2. The molecule has 2 N–H and O–H groups in total. The minimum Gasteiger partial charge on any atom is -0.456 e. The van der Waals surface area contributed by atoms with Crippen molar-refractivity contribution in [2.75, 3.05) is 36.4 Å². The highest BCUT2D eigenvalue weighted by Crippen LogP contribution is 2.28. The summed E-state index contributed by atoms with van der Waals surface area (Å²) in [6, 6.07) is 14.6. The number of halogens is 1. The Hall–Kier alpha value is -3.98. The summed E-state index contributed by atoms with van der Waals surface area (Å²) < 4.78 is 18.7. The Labute approximate surface area is 202 Å². The van der Waals surface area contributed by atoms with Crippen molar-refractivity contribution >= 4 is 23.3 Å². The van der Waals surface area contributed by atoms with Gasteiger partial charge in [0.15, 0.2) is 0 Å². The summed E-state index contributed by atoms with van der Waals surface area (Å²) in [7, 11) is 0. The molecule has 9 heteroatoms. The maximum Gasteiger partial charge on any atom is 0.251 e. The quantitative estimate of drug-likeness (QED) is 0.568. The first kappa shape index (κ1) is 22.8. The van der Waals surface area contributed by atoms with Crippen molar-refractivity contribution in [1.82, 2.24) is 15.2 Å². The molecule has 2 aliphatic rings. The van der Waals surface area contributed by atoms with Crippen molar-refractivity contribution in [2.45, 2.75) is 19.5 Å². The van der Waals surface area contributed by atoms with E-state index >= 15 is 0 Å². The van der Waals surface area contributed by atoms with Crippen molar-refractivity contribution in [3.8, 4) is 11.5 Å². The van der Waals surface area contributed by atoms with Crippen LogP contribution in [0.5, 0.6) is 11.5 Å². The molecule has 0 saturated carbocycles. The molecule has 1 atom stereocenters. The first-order chi connectivity index (χ1) is 17.0. The van der Waals surface area contributed by atoms with Crippen LogP contribution in [0.3, 0.4) is 0 Å². The van der Waals surface area contributed by atoms with Gasteiger partial charge in [-0.1, -0.05) is 6.07 Å². The monoisotopic (exact) mass is 475 g/mol. The number of ether oxygens (including phenoxy) is 1. The molecule has 0 aliphatic carbocycles. The highest BCUT2D eigenvalue weighted by Gasteiger charge is 2.29. The number of anilines is 2. The lowest BCUT2D eigenvalue weighted by Crippen LogP contribution is -2.53. The molecule has 2 amide bonds. The van der Waals surface area contributed by atoms with E-state index in [0.717, 1.165) is 43.0 Å². The molecule has 2 aromatic carbocycles. The minimum absolute atomic E-state index is 0.0190. The fraction of sp³-hybridized carbons (Fsp3) is 0.269. The number of piperazine rings is 1. The summed E-state index contributed by atoms with van der Waals surface area (Å²) in [4.78, 5) is 33.5. The van der Waals surface area contributed by atoms with Crippen LogP contribution in [0, 0.1) is 5.82 Å². The van der Waals surface area contributed by atoms with Gasteiger partial charge in [-0.2, -0.15) is 0 Å². The second kappa shape index (κ2) is 9.71. The highest BCUT2D eigenvalue weighted by molar-refractivity contribution is 6.00. The molecule has 1 saturated heterocycles. The van der Waals surface area contributed by atoms with Crippen LogP contribution in [0.25, 0.3) is 0 Å². The second-order valence-corrected chi connectivity index (χ2v) is 8.61. The topological polar surface area (TPSA) is 86.8 Å². The van der Waals surface area contributed by atoms with Gasteiger partial charge in [-0.25, -0.2) is 9.37 Å². The van der Waals surface area contributed by atoms with Gasteiger partial charge >= 0.3 is 0 Å². The zero-order valence-corrected chi connectivity index (χ0v) is 19.3. The fourth-order valence-corrected chi connectivity index (χ4v) is 4.43. The van der Waals surface area contributed by atoms with Crippen LogP contribution in [-0.2, 0) is 11.3 Å². The summed E-state index contributed by atoms with van der Waals surface area (Å²) in [5, 5.41) is 5.75. The summed E-state index contributed by atoms with van der Waals surface area (Å²) >= 11 is 0. The predicted molar refractivity (Wildman–Crippen MR) is 130 cm³/mol. The zero-order chi connectivity index (χ0) is 24.4. The van der Waals surface area contributed by atoms with E-state index < -0.39 is 0 Å². The average Bonchev–Trinajstić information content (AvgIpc) is 3.27. The molecule has 2 aliphatic heterocycles. The van der Waals surface area contributed by atoms with Gasteiger partial charge in [0, 0.05) is 49.5 Å². The van der Waals surface area contributed by atoms with E-state index in [2.05, 4.69) is 31.5 Å². The van der Waals surface area contributed by atoms with Crippen LogP contribution in [0.1, 0.15) is 22.8 Å².